The molecule has 3 rings (SSSR count). The molecule has 0 bridgehead atoms. The second kappa shape index (κ2) is 6.82. The number of hydrogen-bond acceptors (Lipinski definition) is 4. The summed E-state index contributed by atoms with van der Waals surface area (Å²) in [6.45, 7) is 3.78. The molecule has 112 valence electrons. The maximum atomic E-state index is 8.65. The van der Waals surface area contributed by atoms with Crippen LogP contribution in [0.4, 0.5) is 0 Å². The molecule has 21 heavy (non-hydrogen) atoms. The van der Waals surface area contributed by atoms with Gasteiger partial charge in [-0.25, -0.2) is 0 Å². The molecule has 1 atom stereocenters. The van der Waals surface area contributed by atoms with Gasteiger partial charge in [0.05, 0.1) is 6.07 Å². The predicted molar refractivity (Wildman–Crippen MR) is 80.4 cm³/mol. The van der Waals surface area contributed by atoms with E-state index in [0.717, 1.165) is 43.5 Å². The summed E-state index contributed by atoms with van der Waals surface area (Å²) in [6.07, 6.45) is 4.27. The van der Waals surface area contributed by atoms with Gasteiger partial charge in [-0.3, -0.25) is 4.90 Å². The predicted octanol–water partition coefficient (Wildman–Crippen LogP) is 2.84. The van der Waals surface area contributed by atoms with Gasteiger partial charge in [-0.15, -0.1) is 0 Å². The van der Waals surface area contributed by atoms with E-state index in [0.29, 0.717) is 13.0 Å². The lowest BCUT2D eigenvalue weighted by Crippen LogP contribution is -2.44. The zero-order valence-electron chi connectivity index (χ0n) is 12.3. The van der Waals surface area contributed by atoms with Gasteiger partial charge >= 0.3 is 0 Å². The summed E-state index contributed by atoms with van der Waals surface area (Å²) >= 11 is 0. The van der Waals surface area contributed by atoms with Crippen LogP contribution >= 0.6 is 0 Å². The highest BCUT2D eigenvalue weighted by Crippen LogP contribution is 2.31. The van der Waals surface area contributed by atoms with E-state index in [1.807, 2.05) is 24.3 Å². The highest BCUT2D eigenvalue weighted by molar-refractivity contribution is 5.40. The Labute approximate surface area is 126 Å². The second-order valence-electron chi connectivity index (χ2n) is 5.94. The molecule has 1 fully saturated rings. The molecule has 1 aromatic rings. The average molecular weight is 286 g/mol. The smallest absolute Gasteiger partial charge is 0.161 e. The first kappa shape index (κ1) is 14.2. The van der Waals surface area contributed by atoms with Crippen LogP contribution in [-0.2, 0) is 0 Å². The fraction of sp³-hybridized carbons (Fsp3) is 0.588. The number of hydrogen-bond donors (Lipinski definition) is 0. The standard InChI is InChI=1S/C17H22N2O2/c18-9-3-4-14-7-10-19(11-8-14)12-15-13-20-16-5-1-2-6-17(16)21-15/h1-2,5-6,14-15H,3-4,7-8,10-13H2. The lowest BCUT2D eigenvalue weighted by atomic mass is 9.92. The van der Waals surface area contributed by atoms with Gasteiger partial charge in [0.25, 0.3) is 0 Å². The molecule has 2 heterocycles. The summed E-state index contributed by atoms with van der Waals surface area (Å²) < 4.78 is 11.8. The third-order valence-electron chi connectivity index (χ3n) is 4.40. The summed E-state index contributed by atoms with van der Waals surface area (Å²) in [6, 6.07) is 10.1. The molecule has 0 N–H and O–H groups in total. The highest BCUT2D eigenvalue weighted by atomic mass is 16.6. The van der Waals surface area contributed by atoms with E-state index in [1.54, 1.807) is 0 Å². The number of rotatable bonds is 4. The molecule has 1 saturated heterocycles. The van der Waals surface area contributed by atoms with Crippen molar-refractivity contribution in [3.63, 3.8) is 0 Å². The Bertz CT molecular complexity index is 504. The van der Waals surface area contributed by atoms with E-state index in [1.165, 1.54) is 12.8 Å². The summed E-state index contributed by atoms with van der Waals surface area (Å²) in [4.78, 5) is 2.46. The number of ether oxygens (including phenoxy) is 2. The van der Waals surface area contributed by atoms with Gasteiger partial charge in [-0.05, 0) is 50.4 Å². The zero-order chi connectivity index (χ0) is 14.5. The van der Waals surface area contributed by atoms with Crippen molar-refractivity contribution >= 4 is 0 Å². The van der Waals surface area contributed by atoms with Crippen molar-refractivity contribution in [2.75, 3.05) is 26.2 Å². The summed E-state index contributed by atoms with van der Waals surface area (Å²) in [5, 5.41) is 8.65. The van der Waals surface area contributed by atoms with Gasteiger partial charge in [-0.1, -0.05) is 12.1 Å². The number of para-hydroxylation sites is 2. The molecular formula is C17H22N2O2. The van der Waals surface area contributed by atoms with E-state index in [2.05, 4.69) is 11.0 Å². The largest absolute Gasteiger partial charge is 0.486 e. The van der Waals surface area contributed by atoms with Crippen LogP contribution in [0.15, 0.2) is 24.3 Å². The molecule has 0 aliphatic carbocycles. The molecule has 0 aromatic heterocycles. The number of nitrogens with zero attached hydrogens (tertiary/aromatic N) is 2. The number of nitriles is 1. The first-order valence-electron chi connectivity index (χ1n) is 7.83. The van der Waals surface area contributed by atoms with E-state index < -0.39 is 0 Å². The molecule has 0 spiro atoms. The molecule has 4 heteroatoms. The Morgan fingerprint density at radius 1 is 1.19 bits per heavy atom. The Morgan fingerprint density at radius 2 is 1.95 bits per heavy atom. The summed E-state index contributed by atoms with van der Waals surface area (Å²) in [5.41, 5.74) is 0. The Balaban J connectivity index is 1.45. The van der Waals surface area contributed by atoms with Gasteiger partial charge in [0.15, 0.2) is 11.5 Å². The third-order valence-corrected chi connectivity index (χ3v) is 4.40. The molecule has 0 radical (unpaired) electrons. The molecule has 1 aromatic carbocycles. The van der Waals surface area contributed by atoms with Crippen LogP contribution in [0.1, 0.15) is 25.7 Å². The average Bonchev–Trinajstić information content (AvgIpc) is 2.54. The van der Waals surface area contributed by atoms with Crippen molar-refractivity contribution in [3.05, 3.63) is 24.3 Å². The first-order valence-corrected chi connectivity index (χ1v) is 7.83. The lowest BCUT2D eigenvalue weighted by molar-refractivity contribution is 0.0473. The van der Waals surface area contributed by atoms with Crippen molar-refractivity contribution < 1.29 is 9.47 Å². The van der Waals surface area contributed by atoms with Crippen LogP contribution in [0, 0.1) is 17.2 Å². The molecular weight excluding hydrogens is 264 g/mol. The molecule has 2 aliphatic rings. The van der Waals surface area contributed by atoms with Crippen LogP contribution in [0.5, 0.6) is 11.5 Å². The zero-order valence-corrected chi connectivity index (χ0v) is 12.3. The van der Waals surface area contributed by atoms with E-state index in [4.69, 9.17) is 14.7 Å². The fourth-order valence-corrected chi connectivity index (χ4v) is 3.17. The molecule has 2 aliphatic heterocycles. The minimum atomic E-state index is 0.121. The molecule has 0 amide bonds. The highest BCUT2D eigenvalue weighted by Gasteiger charge is 2.25. The van der Waals surface area contributed by atoms with Crippen LogP contribution in [-0.4, -0.2) is 37.2 Å². The number of benzene rings is 1. The fourth-order valence-electron chi connectivity index (χ4n) is 3.17. The van der Waals surface area contributed by atoms with Crippen molar-refractivity contribution in [2.45, 2.75) is 31.8 Å². The minimum absolute atomic E-state index is 0.121. The Morgan fingerprint density at radius 3 is 2.71 bits per heavy atom. The van der Waals surface area contributed by atoms with Gasteiger partial charge in [-0.2, -0.15) is 5.26 Å². The lowest BCUT2D eigenvalue weighted by Gasteiger charge is -2.35. The van der Waals surface area contributed by atoms with E-state index in [9.17, 15) is 0 Å². The summed E-state index contributed by atoms with van der Waals surface area (Å²) in [5.74, 6) is 2.44. The van der Waals surface area contributed by atoms with E-state index >= 15 is 0 Å². The monoisotopic (exact) mass is 286 g/mol. The Kier molecular flexibility index (Phi) is 4.62. The van der Waals surface area contributed by atoms with Crippen molar-refractivity contribution in [3.8, 4) is 17.6 Å². The SMILES string of the molecule is N#CCCC1CCN(CC2COc3ccccc3O2)CC1. The van der Waals surface area contributed by atoms with Crippen molar-refractivity contribution in [1.82, 2.24) is 4.90 Å². The van der Waals surface area contributed by atoms with Gasteiger partial charge in [0.2, 0.25) is 0 Å². The number of likely N-dealkylation sites (tertiary alicyclic amines) is 1. The number of piperidine rings is 1. The molecule has 0 saturated carbocycles. The van der Waals surface area contributed by atoms with Gasteiger partial charge in [0.1, 0.15) is 12.7 Å². The first-order chi connectivity index (χ1) is 10.3. The Hall–Kier alpha value is -1.73. The second-order valence-corrected chi connectivity index (χ2v) is 5.94. The van der Waals surface area contributed by atoms with Crippen LogP contribution in [0.25, 0.3) is 0 Å². The third kappa shape index (κ3) is 3.68. The van der Waals surface area contributed by atoms with Crippen LogP contribution in [0.2, 0.25) is 0 Å². The van der Waals surface area contributed by atoms with E-state index in [-0.39, 0.29) is 6.10 Å². The minimum Gasteiger partial charge on any atom is -0.486 e. The molecule has 1 unspecified atom stereocenters. The van der Waals surface area contributed by atoms with Gasteiger partial charge in [0, 0.05) is 13.0 Å². The quantitative estimate of drug-likeness (QED) is 0.854. The van der Waals surface area contributed by atoms with Crippen molar-refractivity contribution in [1.29, 1.82) is 5.26 Å². The summed E-state index contributed by atoms with van der Waals surface area (Å²) in [7, 11) is 0. The maximum absolute atomic E-state index is 8.65. The topological polar surface area (TPSA) is 45.5 Å². The van der Waals surface area contributed by atoms with Crippen LogP contribution in [0.3, 0.4) is 0 Å². The molecule has 4 nitrogen and oxygen atoms in total. The van der Waals surface area contributed by atoms with Crippen LogP contribution < -0.4 is 9.47 Å². The van der Waals surface area contributed by atoms with Crippen molar-refractivity contribution in [2.24, 2.45) is 5.92 Å². The van der Waals surface area contributed by atoms with Gasteiger partial charge < -0.3 is 9.47 Å². The normalized spacial score (nSPS) is 22.7. The number of fused-ring (bicyclic) bond motifs is 1. The maximum Gasteiger partial charge on any atom is 0.161 e.